The maximum atomic E-state index is 11.7. The van der Waals surface area contributed by atoms with Crippen LogP contribution in [0.25, 0.3) is 11.0 Å². The van der Waals surface area contributed by atoms with Crippen LogP contribution in [0.5, 0.6) is 5.75 Å². The van der Waals surface area contributed by atoms with Crippen LogP contribution >= 0.6 is 0 Å². The molecule has 2 aromatic carbocycles. The van der Waals surface area contributed by atoms with Gasteiger partial charge in [-0.05, 0) is 36.8 Å². The van der Waals surface area contributed by atoms with Crippen molar-refractivity contribution in [1.82, 2.24) is 15.4 Å². The predicted molar refractivity (Wildman–Crippen MR) is 91.9 cm³/mol. The van der Waals surface area contributed by atoms with E-state index in [1.165, 1.54) is 6.21 Å². The van der Waals surface area contributed by atoms with Crippen LogP contribution in [0.15, 0.2) is 59.8 Å². The van der Waals surface area contributed by atoms with Gasteiger partial charge in [0.2, 0.25) is 0 Å². The number of fused-ring (bicyclic) bond motifs is 1. The van der Waals surface area contributed by atoms with Crippen molar-refractivity contribution in [2.24, 2.45) is 5.10 Å². The van der Waals surface area contributed by atoms with E-state index >= 15 is 0 Å². The number of rotatable bonds is 5. The van der Waals surface area contributed by atoms with E-state index in [2.05, 4.69) is 20.5 Å². The molecule has 0 aliphatic rings. The molecule has 0 unspecified atom stereocenters. The monoisotopic (exact) mass is 320 g/mol. The van der Waals surface area contributed by atoms with E-state index in [1.54, 1.807) is 12.3 Å². The lowest BCUT2D eigenvalue weighted by atomic mass is 10.2. The van der Waals surface area contributed by atoms with Crippen molar-refractivity contribution in [1.29, 1.82) is 0 Å². The summed E-state index contributed by atoms with van der Waals surface area (Å²) in [6.45, 7) is 1.85. The van der Waals surface area contributed by atoms with Crippen LogP contribution in [0.4, 0.5) is 0 Å². The molecular formula is C18H16N4O2. The van der Waals surface area contributed by atoms with Crippen LogP contribution < -0.4 is 10.2 Å². The fourth-order valence-electron chi connectivity index (χ4n) is 2.09. The molecule has 0 spiro atoms. The minimum Gasteiger partial charge on any atom is -0.484 e. The van der Waals surface area contributed by atoms with E-state index in [-0.39, 0.29) is 12.5 Å². The second kappa shape index (κ2) is 7.32. The molecule has 0 radical (unpaired) electrons. The van der Waals surface area contributed by atoms with Crippen LogP contribution in [0.2, 0.25) is 0 Å². The molecule has 6 heteroatoms. The second-order valence-electron chi connectivity index (χ2n) is 5.18. The number of amides is 1. The van der Waals surface area contributed by atoms with Crippen molar-refractivity contribution in [2.45, 2.75) is 6.92 Å². The number of ether oxygens (including phenoxy) is 1. The summed E-state index contributed by atoms with van der Waals surface area (Å²) < 4.78 is 5.40. The molecule has 24 heavy (non-hydrogen) atoms. The third-order valence-corrected chi connectivity index (χ3v) is 3.21. The smallest absolute Gasteiger partial charge is 0.277 e. The van der Waals surface area contributed by atoms with Gasteiger partial charge >= 0.3 is 0 Å². The molecule has 6 nitrogen and oxygen atoms in total. The fraction of sp³-hybridized carbons (Fsp3) is 0.111. The predicted octanol–water partition coefficient (Wildman–Crippen LogP) is 2.47. The van der Waals surface area contributed by atoms with Gasteiger partial charge in [-0.25, -0.2) is 10.4 Å². The largest absolute Gasteiger partial charge is 0.484 e. The summed E-state index contributed by atoms with van der Waals surface area (Å²) in [6.07, 6.45) is 3.05. The van der Waals surface area contributed by atoms with Crippen LogP contribution in [-0.2, 0) is 4.79 Å². The Morgan fingerprint density at radius 1 is 1.21 bits per heavy atom. The Morgan fingerprint density at radius 3 is 2.88 bits per heavy atom. The summed E-state index contributed by atoms with van der Waals surface area (Å²) in [5.74, 6) is 0.302. The molecule has 0 aliphatic heterocycles. The Kier molecular flexibility index (Phi) is 4.76. The van der Waals surface area contributed by atoms with Crippen molar-refractivity contribution >= 4 is 23.2 Å². The molecule has 0 aliphatic carbocycles. The zero-order chi connectivity index (χ0) is 16.8. The highest BCUT2D eigenvalue weighted by molar-refractivity contribution is 5.84. The van der Waals surface area contributed by atoms with Crippen molar-refractivity contribution in [3.05, 3.63) is 66.0 Å². The molecule has 120 valence electrons. The van der Waals surface area contributed by atoms with Gasteiger partial charge in [-0.3, -0.25) is 9.78 Å². The summed E-state index contributed by atoms with van der Waals surface area (Å²) in [4.78, 5) is 20.4. The number of hydrazone groups is 1. The Morgan fingerprint density at radius 2 is 2.04 bits per heavy atom. The van der Waals surface area contributed by atoms with Crippen molar-refractivity contribution in [2.75, 3.05) is 6.61 Å². The topological polar surface area (TPSA) is 76.5 Å². The lowest BCUT2D eigenvalue weighted by Crippen LogP contribution is -2.24. The van der Waals surface area contributed by atoms with Crippen LogP contribution in [0.1, 0.15) is 11.3 Å². The molecule has 0 atom stereocenters. The maximum absolute atomic E-state index is 11.7. The van der Waals surface area contributed by atoms with Crippen LogP contribution in [0, 0.1) is 6.92 Å². The van der Waals surface area contributed by atoms with Crippen molar-refractivity contribution in [3.8, 4) is 5.75 Å². The highest BCUT2D eigenvalue weighted by Crippen LogP contribution is 2.11. The first-order chi connectivity index (χ1) is 11.7. The minimum absolute atomic E-state index is 0.107. The van der Waals surface area contributed by atoms with Gasteiger partial charge in [0.15, 0.2) is 6.61 Å². The van der Waals surface area contributed by atoms with Gasteiger partial charge in [0.05, 0.1) is 23.4 Å². The zero-order valence-corrected chi connectivity index (χ0v) is 13.1. The number of hydrogen-bond acceptors (Lipinski definition) is 5. The third-order valence-electron chi connectivity index (χ3n) is 3.21. The van der Waals surface area contributed by atoms with E-state index in [0.29, 0.717) is 11.4 Å². The molecule has 0 saturated carbocycles. The average Bonchev–Trinajstić information content (AvgIpc) is 2.60. The Bertz CT molecular complexity index is 893. The Hall–Kier alpha value is -3.28. The van der Waals surface area contributed by atoms with Gasteiger partial charge in [0.1, 0.15) is 11.4 Å². The van der Waals surface area contributed by atoms with Crippen LogP contribution in [0.3, 0.4) is 0 Å². The number of carbonyl (C=O) groups is 1. The van der Waals surface area contributed by atoms with Gasteiger partial charge < -0.3 is 4.74 Å². The van der Waals surface area contributed by atoms with E-state index in [1.807, 2.05) is 49.4 Å². The van der Waals surface area contributed by atoms with Crippen molar-refractivity contribution in [3.63, 3.8) is 0 Å². The summed E-state index contributed by atoms with van der Waals surface area (Å²) in [7, 11) is 0. The number of nitrogens with zero attached hydrogens (tertiary/aromatic N) is 3. The third kappa shape index (κ3) is 4.13. The molecule has 1 amide bonds. The summed E-state index contributed by atoms with van der Waals surface area (Å²) in [5, 5.41) is 3.87. The summed E-state index contributed by atoms with van der Waals surface area (Å²) in [5.41, 5.74) is 5.62. The zero-order valence-electron chi connectivity index (χ0n) is 13.1. The Labute approximate surface area is 139 Å². The van der Waals surface area contributed by atoms with Gasteiger partial charge in [-0.2, -0.15) is 5.10 Å². The summed E-state index contributed by atoms with van der Waals surface area (Å²) >= 11 is 0. The average molecular weight is 320 g/mol. The van der Waals surface area contributed by atoms with Gasteiger partial charge in [0, 0.05) is 0 Å². The number of para-hydroxylation sites is 2. The minimum atomic E-state index is -0.346. The first-order valence-electron chi connectivity index (χ1n) is 7.44. The lowest BCUT2D eigenvalue weighted by Gasteiger charge is -2.05. The SMILES string of the molecule is Cc1cccc(OCC(=O)N/N=C\c2cnc3ccccc3n2)c1. The molecule has 0 bridgehead atoms. The van der Waals surface area contributed by atoms with E-state index in [9.17, 15) is 4.79 Å². The number of aromatic nitrogens is 2. The number of aryl methyl sites for hydroxylation is 1. The number of nitrogens with one attached hydrogen (secondary N) is 1. The van der Waals surface area contributed by atoms with Crippen molar-refractivity contribution < 1.29 is 9.53 Å². The second-order valence-corrected chi connectivity index (χ2v) is 5.18. The highest BCUT2D eigenvalue weighted by Gasteiger charge is 2.02. The fourth-order valence-corrected chi connectivity index (χ4v) is 2.09. The highest BCUT2D eigenvalue weighted by atomic mass is 16.5. The maximum Gasteiger partial charge on any atom is 0.277 e. The van der Waals surface area contributed by atoms with Crippen LogP contribution in [-0.4, -0.2) is 28.7 Å². The molecular weight excluding hydrogens is 304 g/mol. The molecule has 1 heterocycles. The normalized spacial score (nSPS) is 10.9. The van der Waals surface area contributed by atoms with Gasteiger partial charge in [-0.15, -0.1) is 0 Å². The first kappa shape index (κ1) is 15.6. The molecule has 3 rings (SSSR count). The molecule has 3 aromatic rings. The summed E-state index contributed by atoms with van der Waals surface area (Å²) in [6, 6.07) is 15.0. The van der Waals surface area contributed by atoms with Gasteiger partial charge in [-0.1, -0.05) is 24.3 Å². The number of hydrogen-bond donors (Lipinski definition) is 1. The van der Waals surface area contributed by atoms with E-state index in [4.69, 9.17) is 4.74 Å². The molecule has 1 N–H and O–H groups in total. The Balaban J connectivity index is 1.54. The quantitative estimate of drug-likeness (QED) is 0.579. The molecule has 0 saturated heterocycles. The number of carbonyl (C=O) groups excluding carboxylic acids is 1. The lowest BCUT2D eigenvalue weighted by molar-refractivity contribution is -0.123. The first-order valence-corrected chi connectivity index (χ1v) is 7.44. The molecule has 1 aromatic heterocycles. The standard InChI is InChI=1S/C18H16N4O2/c1-13-5-4-6-15(9-13)24-12-18(23)22-20-11-14-10-19-16-7-2-3-8-17(16)21-14/h2-11H,12H2,1H3,(H,22,23)/b20-11-. The molecule has 0 fully saturated rings. The number of benzene rings is 2. The van der Waals surface area contributed by atoms with E-state index < -0.39 is 0 Å². The van der Waals surface area contributed by atoms with Gasteiger partial charge in [0.25, 0.3) is 5.91 Å². The van der Waals surface area contributed by atoms with E-state index in [0.717, 1.165) is 16.6 Å².